The highest BCUT2D eigenvalue weighted by Gasteiger charge is 2.31. The summed E-state index contributed by atoms with van der Waals surface area (Å²) in [4.78, 5) is 0. The van der Waals surface area contributed by atoms with E-state index in [9.17, 15) is 0 Å². The summed E-state index contributed by atoms with van der Waals surface area (Å²) in [6, 6.07) is 21.2. The van der Waals surface area contributed by atoms with Crippen LogP contribution in [0.15, 0.2) is 54.6 Å². The summed E-state index contributed by atoms with van der Waals surface area (Å²) in [5, 5.41) is 2.91. The van der Waals surface area contributed by atoms with Gasteiger partial charge in [-0.15, -0.1) is 0 Å². The molecule has 4 aromatic rings. The molecule has 0 aliphatic carbocycles. The summed E-state index contributed by atoms with van der Waals surface area (Å²) >= 11 is 0. The van der Waals surface area contributed by atoms with E-state index in [4.69, 9.17) is 0 Å². The van der Waals surface area contributed by atoms with Crippen LogP contribution in [0.5, 0.6) is 0 Å². The molecule has 3 atom stereocenters. The molecule has 0 bridgehead atoms. The second-order valence-electron chi connectivity index (χ2n) is 12.7. The van der Waals surface area contributed by atoms with Gasteiger partial charge in [0, 0.05) is 42.8 Å². The van der Waals surface area contributed by atoms with E-state index in [2.05, 4.69) is 110 Å². The zero-order valence-corrected chi connectivity index (χ0v) is 25.6. The lowest BCUT2D eigenvalue weighted by atomic mass is 9.88. The molecule has 3 aromatic carbocycles. The Labute approximate surface area is 240 Å². The van der Waals surface area contributed by atoms with Crippen molar-refractivity contribution in [1.82, 2.24) is 9.13 Å². The molecule has 0 saturated carbocycles. The number of pyridine rings is 3. The maximum atomic E-state index is 2.66. The van der Waals surface area contributed by atoms with Crippen molar-refractivity contribution < 1.29 is 4.57 Å². The SMILES string of the molecule is CCC(C)CCn1c2cccc3c2-c2c4c1cccc4[n+](CCC(C)CC)c1cccc(c21)n3CCC(C)CC. The second kappa shape index (κ2) is 11.1. The average Bonchev–Trinajstić information content (AvgIpc) is 2.99. The molecule has 3 heteroatoms. The summed E-state index contributed by atoms with van der Waals surface area (Å²) < 4.78 is 7.98. The van der Waals surface area contributed by atoms with Gasteiger partial charge in [-0.05, 0) is 54.9 Å². The van der Waals surface area contributed by atoms with Crippen LogP contribution in [0.1, 0.15) is 80.1 Å². The van der Waals surface area contributed by atoms with Crippen LogP contribution in [0.3, 0.4) is 0 Å². The molecule has 210 valence electrons. The molecule has 0 fully saturated rings. The quantitative estimate of drug-likeness (QED) is 0.0842. The lowest BCUT2D eigenvalue weighted by molar-refractivity contribution is -0.646. The minimum Gasteiger partial charge on any atom is -0.340 e. The van der Waals surface area contributed by atoms with Gasteiger partial charge in [-0.1, -0.05) is 79.0 Å². The van der Waals surface area contributed by atoms with Gasteiger partial charge in [0.25, 0.3) is 0 Å². The third kappa shape index (κ3) is 4.37. The Morgan fingerprint density at radius 3 is 1.45 bits per heavy atom. The Bertz CT molecular complexity index is 1600. The van der Waals surface area contributed by atoms with Crippen molar-refractivity contribution in [2.45, 2.75) is 99.7 Å². The van der Waals surface area contributed by atoms with Crippen molar-refractivity contribution in [2.75, 3.05) is 0 Å². The molecule has 0 amide bonds. The molecular weight excluding hydrogens is 486 g/mol. The number of hydrogen-bond donors (Lipinski definition) is 0. The lowest BCUT2D eigenvalue weighted by Gasteiger charge is -2.28. The Morgan fingerprint density at radius 1 is 0.550 bits per heavy atom. The van der Waals surface area contributed by atoms with Crippen LogP contribution in [0.4, 0.5) is 0 Å². The first-order chi connectivity index (χ1) is 19.5. The highest BCUT2D eigenvalue weighted by molar-refractivity contribution is 6.24. The molecule has 2 aliphatic heterocycles. The van der Waals surface area contributed by atoms with Crippen LogP contribution in [0.2, 0.25) is 0 Å². The summed E-state index contributed by atoms with van der Waals surface area (Å²) in [6.07, 6.45) is 7.31. The molecule has 0 radical (unpaired) electrons. The van der Waals surface area contributed by atoms with E-state index >= 15 is 0 Å². The molecule has 6 rings (SSSR count). The summed E-state index contributed by atoms with van der Waals surface area (Å²) in [5.41, 5.74) is 11.3. The number of benzene rings is 3. The third-order valence-electron chi connectivity index (χ3n) is 10.2. The van der Waals surface area contributed by atoms with Crippen molar-refractivity contribution in [1.29, 1.82) is 0 Å². The smallest absolute Gasteiger partial charge is 0.215 e. The van der Waals surface area contributed by atoms with Crippen LogP contribution in [0.25, 0.3) is 55.0 Å². The van der Waals surface area contributed by atoms with E-state index < -0.39 is 0 Å². The molecule has 3 heterocycles. The predicted octanol–water partition coefficient (Wildman–Crippen LogP) is 10.0. The predicted molar refractivity (Wildman–Crippen MR) is 173 cm³/mol. The van der Waals surface area contributed by atoms with Crippen LogP contribution >= 0.6 is 0 Å². The Kier molecular flexibility index (Phi) is 7.50. The molecule has 0 saturated heterocycles. The van der Waals surface area contributed by atoms with Crippen molar-refractivity contribution >= 4 is 43.9 Å². The number of hydrogen-bond acceptors (Lipinski definition) is 0. The fourth-order valence-electron chi connectivity index (χ4n) is 6.85. The first-order valence-corrected chi connectivity index (χ1v) is 16.1. The second-order valence-corrected chi connectivity index (χ2v) is 12.7. The molecule has 40 heavy (non-hydrogen) atoms. The van der Waals surface area contributed by atoms with Crippen molar-refractivity contribution in [3.63, 3.8) is 0 Å². The minimum absolute atomic E-state index is 0.718. The van der Waals surface area contributed by atoms with Gasteiger partial charge in [0.2, 0.25) is 11.0 Å². The molecule has 3 unspecified atom stereocenters. The van der Waals surface area contributed by atoms with Gasteiger partial charge < -0.3 is 9.13 Å². The monoisotopic (exact) mass is 534 g/mol. The topological polar surface area (TPSA) is 13.7 Å². The van der Waals surface area contributed by atoms with E-state index in [1.54, 1.807) is 0 Å². The van der Waals surface area contributed by atoms with Crippen molar-refractivity contribution in [3.05, 3.63) is 54.6 Å². The van der Waals surface area contributed by atoms with Crippen LogP contribution in [0, 0.1) is 17.8 Å². The zero-order chi connectivity index (χ0) is 28.0. The summed E-state index contributed by atoms with van der Waals surface area (Å²) in [5.74, 6) is 2.16. The van der Waals surface area contributed by atoms with Gasteiger partial charge in [0.15, 0.2) is 0 Å². The summed E-state index contributed by atoms with van der Waals surface area (Å²) in [7, 11) is 0. The maximum absolute atomic E-state index is 2.66. The first-order valence-electron chi connectivity index (χ1n) is 16.1. The van der Waals surface area contributed by atoms with E-state index in [1.165, 1.54) is 93.5 Å². The Morgan fingerprint density at radius 2 is 0.975 bits per heavy atom. The normalized spacial score (nSPS) is 14.8. The average molecular weight is 535 g/mol. The van der Waals surface area contributed by atoms with Gasteiger partial charge in [0.1, 0.15) is 6.54 Å². The van der Waals surface area contributed by atoms with Crippen molar-refractivity contribution in [3.8, 4) is 11.1 Å². The van der Waals surface area contributed by atoms with Crippen LogP contribution < -0.4 is 4.57 Å². The number of aryl methyl sites for hydroxylation is 3. The fourth-order valence-corrected chi connectivity index (χ4v) is 6.85. The van der Waals surface area contributed by atoms with E-state index in [1.807, 2.05) is 0 Å². The molecule has 0 N–H and O–H groups in total. The maximum Gasteiger partial charge on any atom is 0.215 e. The molecule has 2 aliphatic rings. The minimum atomic E-state index is 0.718. The zero-order valence-electron chi connectivity index (χ0n) is 25.6. The Hall–Kier alpha value is -3.07. The third-order valence-corrected chi connectivity index (χ3v) is 10.2. The molecular formula is C37H48N3+. The molecule has 1 aromatic heterocycles. The molecule has 3 nitrogen and oxygen atoms in total. The number of nitrogens with zero attached hydrogens (tertiary/aromatic N) is 3. The van der Waals surface area contributed by atoms with E-state index in [0.717, 1.165) is 37.4 Å². The van der Waals surface area contributed by atoms with E-state index in [-0.39, 0.29) is 0 Å². The van der Waals surface area contributed by atoms with E-state index in [0.29, 0.717) is 0 Å². The first kappa shape index (κ1) is 27.1. The summed E-state index contributed by atoms with van der Waals surface area (Å²) in [6.45, 7) is 17.4. The lowest BCUT2D eigenvalue weighted by Crippen LogP contribution is -2.37. The van der Waals surface area contributed by atoms with Gasteiger partial charge in [-0.25, -0.2) is 0 Å². The van der Waals surface area contributed by atoms with Crippen molar-refractivity contribution in [2.24, 2.45) is 17.8 Å². The fraction of sp³-hybridized carbons (Fsp3) is 0.486. The highest BCUT2D eigenvalue weighted by atomic mass is 15.0. The standard InChI is InChI=1S/C37H48N3/c1-7-25(4)19-22-38-28-13-10-15-30-34(28)37-35-29(38)14-11-16-31(35)40(24-21-27(6)9-3)33-18-12-17-32(36(33)37)39(30)23-20-26(5)8-2/h10-18,25-27H,7-9,19-24H2,1-6H3/q+1. The number of rotatable bonds is 12. The molecule has 0 spiro atoms. The highest BCUT2D eigenvalue weighted by Crippen LogP contribution is 2.47. The largest absolute Gasteiger partial charge is 0.340 e. The Balaban J connectivity index is 1.75. The van der Waals surface area contributed by atoms with Crippen LogP contribution in [-0.4, -0.2) is 9.13 Å². The number of aromatic nitrogens is 3. The van der Waals surface area contributed by atoms with Gasteiger partial charge in [0.05, 0.1) is 32.8 Å². The van der Waals surface area contributed by atoms with Crippen LogP contribution in [-0.2, 0) is 19.6 Å². The van der Waals surface area contributed by atoms with Gasteiger partial charge in [-0.3, -0.25) is 0 Å². The van der Waals surface area contributed by atoms with Gasteiger partial charge >= 0.3 is 0 Å². The van der Waals surface area contributed by atoms with Gasteiger partial charge in [-0.2, -0.15) is 4.57 Å².